The van der Waals surface area contributed by atoms with Gasteiger partial charge in [0.1, 0.15) is 23.7 Å². The van der Waals surface area contributed by atoms with Crippen LogP contribution in [0.4, 0.5) is 0 Å². The van der Waals surface area contributed by atoms with E-state index in [1.54, 1.807) is 19.1 Å². The molecule has 1 unspecified atom stereocenters. The maximum Gasteiger partial charge on any atom is 0.254 e. The number of hydrogen-bond acceptors (Lipinski definition) is 9. The van der Waals surface area contributed by atoms with Gasteiger partial charge in [-0.1, -0.05) is 65.8 Å². The quantitative estimate of drug-likeness (QED) is 0.222. The number of carbonyl (C=O) groups is 2. The summed E-state index contributed by atoms with van der Waals surface area (Å²) in [5.74, 6) is 1.75. The maximum absolute atomic E-state index is 14.3. The van der Waals surface area contributed by atoms with Gasteiger partial charge in [0.2, 0.25) is 5.91 Å². The molecule has 54 heavy (non-hydrogen) atoms. The predicted molar refractivity (Wildman–Crippen MR) is 208 cm³/mol. The molecule has 4 fully saturated rings. The van der Waals surface area contributed by atoms with Crippen LogP contribution in [0.5, 0.6) is 5.75 Å². The number of allylic oxidation sites excluding steroid dienone is 1. The fraction of sp³-hybridized carbons (Fsp3) is 0.721. The number of aliphatic hydroxyl groups is 2. The lowest BCUT2D eigenvalue weighted by Gasteiger charge is -2.62. The smallest absolute Gasteiger partial charge is 0.254 e. The number of hydroxylamine groups is 2. The minimum atomic E-state index is -0.888. The van der Waals surface area contributed by atoms with E-state index in [0.717, 1.165) is 42.5 Å². The molecule has 11 heteroatoms. The highest BCUT2D eigenvalue weighted by atomic mass is 16.7. The van der Waals surface area contributed by atoms with Crippen LogP contribution in [0.15, 0.2) is 41.2 Å². The molecule has 0 radical (unpaired) electrons. The average molecular weight is 751 g/mol. The first-order chi connectivity index (χ1) is 25.4. The number of fused-ring (bicyclic) bond motifs is 2. The summed E-state index contributed by atoms with van der Waals surface area (Å²) >= 11 is 0. The Bertz CT molecular complexity index is 1610. The van der Waals surface area contributed by atoms with Gasteiger partial charge in [-0.05, 0) is 80.9 Å². The van der Waals surface area contributed by atoms with Gasteiger partial charge in [0.15, 0.2) is 0 Å². The van der Waals surface area contributed by atoms with Crippen molar-refractivity contribution in [3.63, 3.8) is 0 Å². The molecule has 1 saturated heterocycles. The van der Waals surface area contributed by atoms with E-state index < -0.39 is 24.2 Å². The molecule has 1 aromatic rings. The minimum Gasteiger partial charge on any atom is -0.496 e. The Morgan fingerprint density at radius 3 is 2.54 bits per heavy atom. The Labute approximate surface area is 322 Å². The van der Waals surface area contributed by atoms with Gasteiger partial charge in [0.25, 0.3) is 5.91 Å². The number of carbonyl (C=O) groups excluding carboxylic acids is 2. The number of rotatable bonds is 13. The van der Waals surface area contributed by atoms with Gasteiger partial charge < -0.3 is 35.2 Å². The number of ether oxygens (including phenoxy) is 2. The number of nitrogens with one attached hydrogen (secondary N) is 2. The van der Waals surface area contributed by atoms with Crippen molar-refractivity contribution in [2.75, 3.05) is 41.0 Å². The van der Waals surface area contributed by atoms with E-state index in [0.29, 0.717) is 47.9 Å². The Hall–Kier alpha value is -2.96. The number of amides is 2. The number of nitrogens with zero attached hydrogens (tertiary/aromatic N) is 2. The first-order valence-electron chi connectivity index (χ1n) is 20.1. The third kappa shape index (κ3) is 8.12. The van der Waals surface area contributed by atoms with Crippen molar-refractivity contribution < 1.29 is 34.1 Å². The van der Waals surface area contributed by atoms with Crippen LogP contribution in [-0.2, 0) is 25.7 Å². The molecule has 0 spiro atoms. The molecule has 6 aliphatic rings. The molecule has 2 bridgehead atoms. The van der Waals surface area contributed by atoms with E-state index >= 15 is 0 Å². The topological polar surface area (TPSA) is 133 Å². The number of benzene rings is 1. The largest absolute Gasteiger partial charge is 0.496 e. The van der Waals surface area contributed by atoms with Crippen molar-refractivity contribution >= 4 is 11.8 Å². The molecule has 11 nitrogen and oxygen atoms in total. The second-order valence-corrected chi connectivity index (χ2v) is 18.9. The average Bonchev–Trinajstić information content (AvgIpc) is 3.72. The van der Waals surface area contributed by atoms with E-state index in [2.05, 4.69) is 57.1 Å². The number of hydrogen-bond donors (Lipinski definition) is 4. The molecule has 2 heterocycles. The van der Waals surface area contributed by atoms with Gasteiger partial charge in [0.05, 0.1) is 38.5 Å². The van der Waals surface area contributed by atoms with Crippen LogP contribution >= 0.6 is 0 Å². The summed E-state index contributed by atoms with van der Waals surface area (Å²) in [6.07, 6.45) is 4.85. The molecule has 2 aliphatic heterocycles. The maximum atomic E-state index is 14.3. The number of aliphatic hydroxyl groups excluding tert-OH is 2. The van der Waals surface area contributed by atoms with Crippen LogP contribution in [0.25, 0.3) is 0 Å². The first kappa shape index (κ1) is 40.7. The second-order valence-electron chi connectivity index (χ2n) is 18.9. The second kappa shape index (κ2) is 15.9. The summed E-state index contributed by atoms with van der Waals surface area (Å²) in [4.78, 5) is 36.8. The van der Waals surface area contributed by atoms with E-state index in [1.165, 1.54) is 6.42 Å². The highest BCUT2D eigenvalue weighted by Gasteiger charge is 2.57. The van der Waals surface area contributed by atoms with Crippen LogP contribution < -0.4 is 15.4 Å². The van der Waals surface area contributed by atoms with Gasteiger partial charge in [-0.2, -0.15) is 5.06 Å². The number of para-hydroxylation sites is 1. The molecular formula is C43H66N4O7. The highest BCUT2D eigenvalue weighted by molar-refractivity contribution is 5.98. The summed E-state index contributed by atoms with van der Waals surface area (Å²) in [5, 5.41) is 29.7. The summed E-state index contributed by atoms with van der Waals surface area (Å²) in [6, 6.07) is 5.18. The molecule has 7 rings (SSSR count). The van der Waals surface area contributed by atoms with Crippen molar-refractivity contribution in [2.24, 2.45) is 34.5 Å². The number of methoxy groups -OCH3 is 1. The van der Waals surface area contributed by atoms with Crippen molar-refractivity contribution in [1.82, 2.24) is 20.6 Å². The van der Waals surface area contributed by atoms with Crippen LogP contribution in [0.3, 0.4) is 0 Å². The third-order valence-electron chi connectivity index (χ3n) is 13.2. The zero-order valence-corrected chi connectivity index (χ0v) is 34.3. The predicted octanol–water partition coefficient (Wildman–Crippen LogP) is 4.93. The Kier molecular flexibility index (Phi) is 12.0. The molecular weight excluding hydrogens is 684 g/mol. The molecule has 300 valence electrons. The molecule has 10 atom stereocenters. The zero-order chi connectivity index (χ0) is 39.3. The summed E-state index contributed by atoms with van der Waals surface area (Å²) < 4.78 is 12.2. The van der Waals surface area contributed by atoms with Crippen LogP contribution in [0, 0.1) is 34.5 Å². The van der Waals surface area contributed by atoms with E-state index in [-0.39, 0.29) is 53.8 Å². The molecule has 2 amide bonds. The van der Waals surface area contributed by atoms with E-state index in [4.69, 9.17) is 14.3 Å². The van der Waals surface area contributed by atoms with Crippen molar-refractivity contribution in [1.29, 1.82) is 0 Å². The van der Waals surface area contributed by atoms with Gasteiger partial charge in [-0.15, -0.1) is 0 Å². The van der Waals surface area contributed by atoms with E-state index in [1.807, 2.05) is 38.4 Å². The summed E-state index contributed by atoms with van der Waals surface area (Å²) in [5.41, 5.74) is 3.76. The monoisotopic (exact) mass is 750 g/mol. The van der Waals surface area contributed by atoms with Crippen molar-refractivity contribution in [3.05, 3.63) is 52.3 Å². The molecule has 1 aromatic carbocycles. The molecule has 0 aromatic heterocycles. The first-order valence-corrected chi connectivity index (χ1v) is 20.1. The minimum absolute atomic E-state index is 0.0326. The molecule has 4 N–H and O–H groups in total. The number of likely N-dealkylation sites (N-methyl/N-ethyl adjacent to an activating group) is 1. The van der Waals surface area contributed by atoms with Crippen LogP contribution in [-0.4, -0.2) is 103 Å². The zero-order valence-electron chi connectivity index (χ0n) is 34.3. The van der Waals surface area contributed by atoms with Crippen LogP contribution in [0.1, 0.15) is 97.6 Å². The Morgan fingerprint density at radius 2 is 1.93 bits per heavy atom. The van der Waals surface area contributed by atoms with Crippen molar-refractivity contribution in [3.8, 4) is 5.75 Å². The highest BCUT2D eigenvalue weighted by Crippen LogP contribution is 2.61. The lowest BCUT2D eigenvalue weighted by Crippen LogP contribution is -2.62. The van der Waals surface area contributed by atoms with Gasteiger partial charge >= 0.3 is 0 Å². The fourth-order valence-corrected chi connectivity index (χ4v) is 10.5. The standard InChI is InChI=1S/C43H66N4O7/c1-24-33-18-29(43(33,6)7)19-34(24)45-41(51)37-36(25(2)49)35(23-48)54-47(37)21-27-12-11-13-31(38(27)52-10)28-16-26-14-15-53-39(26)32(17-28)40(50)44-30(22-46(8)9)20-42(3,4)5/h11-13,17,24-25,28-30,33-37,48-49H,14-16,18-23H2,1-10H3,(H,44,50)(H,45,51)/t24-,25-,28?,29+,30-,33-,34-,35-,36+,37-/m0/s1. The van der Waals surface area contributed by atoms with Crippen molar-refractivity contribution in [2.45, 2.75) is 123 Å². The SMILES string of the molecule is COc1c(CN2O[C@@H](CO)[C@@H]([C@H](C)O)[C@H]2C(=O)N[C@H]2C[C@H]3C[C@@H]([C@@H]2C)C3(C)C)cccc1C1C=C(C(=O)N[C@H](CN(C)C)CC(C)(C)C)C2=C(CCO2)C1. The Balaban J connectivity index is 1.26. The third-order valence-corrected chi connectivity index (χ3v) is 13.2. The summed E-state index contributed by atoms with van der Waals surface area (Å²) in [6.45, 7) is 16.3. The summed E-state index contributed by atoms with van der Waals surface area (Å²) in [7, 11) is 5.69. The lowest BCUT2D eigenvalue weighted by molar-refractivity contribution is -0.183. The molecule has 4 aliphatic carbocycles. The van der Waals surface area contributed by atoms with Gasteiger partial charge in [-0.25, -0.2) is 0 Å². The lowest BCUT2D eigenvalue weighted by atomic mass is 9.45. The van der Waals surface area contributed by atoms with E-state index in [9.17, 15) is 19.8 Å². The van der Waals surface area contributed by atoms with Gasteiger partial charge in [0, 0.05) is 48.0 Å². The fourth-order valence-electron chi connectivity index (χ4n) is 10.5. The van der Waals surface area contributed by atoms with Gasteiger partial charge in [-0.3, -0.25) is 14.4 Å². The van der Waals surface area contributed by atoms with Crippen LogP contribution in [0.2, 0.25) is 0 Å². The molecule has 3 saturated carbocycles. The Morgan fingerprint density at radius 1 is 1.19 bits per heavy atom. The normalized spacial score (nSPS) is 31.6.